The highest BCUT2D eigenvalue weighted by atomic mass is 16.1. The number of rotatable bonds is 4. The molecule has 4 nitrogen and oxygen atoms in total. The highest BCUT2D eigenvalue weighted by Crippen LogP contribution is 2.00. The zero-order valence-corrected chi connectivity index (χ0v) is 8.03. The summed E-state index contributed by atoms with van der Waals surface area (Å²) in [6.45, 7) is 5.82. The van der Waals surface area contributed by atoms with Crippen LogP contribution in [0.2, 0.25) is 0 Å². The first-order chi connectivity index (χ1) is 6.22. The molecule has 0 bridgehead atoms. The van der Waals surface area contributed by atoms with E-state index in [-0.39, 0.29) is 5.78 Å². The van der Waals surface area contributed by atoms with Crippen molar-refractivity contribution >= 4 is 12.2 Å². The Morgan fingerprint density at radius 2 is 1.92 bits per heavy atom. The molecule has 1 heterocycles. The van der Waals surface area contributed by atoms with Gasteiger partial charge in [0.15, 0.2) is 0 Å². The van der Waals surface area contributed by atoms with Gasteiger partial charge in [0.25, 0.3) is 0 Å². The molecule has 74 valence electrons. The predicted octanol–water partition coefficient (Wildman–Crippen LogP) is -0.261. The van der Waals surface area contributed by atoms with Gasteiger partial charge in [-0.1, -0.05) is 0 Å². The number of amides is 1. The van der Waals surface area contributed by atoms with Gasteiger partial charge in [-0.05, 0) is 6.92 Å². The molecule has 0 atom stereocenters. The molecule has 0 aromatic heterocycles. The van der Waals surface area contributed by atoms with Gasteiger partial charge < -0.3 is 4.90 Å². The third-order valence-electron chi connectivity index (χ3n) is 2.34. The maximum atomic E-state index is 10.7. The van der Waals surface area contributed by atoms with Crippen LogP contribution in [0.3, 0.4) is 0 Å². The van der Waals surface area contributed by atoms with Crippen LogP contribution in [-0.4, -0.2) is 54.7 Å². The second kappa shape index (κ2) is 4.97. The summed E-state index contributed by atoms with van der Waals surface area (Å²) in [5.41, 5.74) is 0. The summed E-state index contributed by atoms with van der Waals surface area (Å²) >= 11 is 0. The smallest absolute Gasteiger partial charge is 0.209 e. The largest absolute Gasteiger partial charge is 0.343 e. The van der Waals surface area contributed by atoms with Crippen molar-refractivity contribution in [2.45, 2.75) is 13.3 Å². The van der Waals surface area contributed by atoms with Gasteiger partial charge in [0.2, 0.25) is 6.41 Å². The highest BCUT2D eigenvalue weighted by Gasteiger charge is 2.14. The molecule has 0 spiro atoms. The SMILES string of the molecule is CC(=O)CCN1CCN(C=O)CC1. The number of carbonyl (C=O) groups excluding carboxylic acids is 2. The molecule has 13 heavy (non-hydrogen) atoms. The molecular formula is C9H16N2O2. The number of carbonyl (C=O) groups is 2. The number of piperazine rings is 1. The number of hydrogen-bond acceptors (Lipinski definition) is 3. The van der Waals surface area contributed by atoms with Crippen LogP contribution in [0.15, 0.2) is 0 Å². The van der Waals surface area contributed by atoms with Gasteiger partial charge in [0.05, 0.1) is 0 Å². The molecular weight excluding hydrogens is 168 g/mol. The monoisotopic (exact) mass is 184 g/mol. The van der Waals surface area contributed by atoms with Crippen LogP contribution in [0.4, 0.5) is 0 Å². The number of ketones is 1. The van der Waals surface area contributed by atoms with E-state index in [1.54, 1.807) is 11.8 Å². The van der Waals surface area contributed by atoms with Crippen molar-refractivity contribution in [1.29, 1.82) is 0 Å². The molecule has 0 aromatic rings. The average molecular weight is 184 g/mol. The van der Waals surface area contributed by atoms with E-state index in [9.17, 15) is 9.59 Å². The fraction of sp³-hybridized carbons (Fsp3) is 0.778. The molecule has 0 N–H and O–H groups in total. The first-order valence-corrected chi connectivity index (χ1v) is 4.63. The summed E-state index contributed by atoms with van der Waals surface area (Å²) in [7, 11) is 0. The molecule has 1 saturated heterocycles. The zero-order chi connectivity index (χ0) is 9.68. The zero-order valence-electron chi connectivity index (χ0n) is 8.03. The molecule has 1 fully saturated rings. The molecule has 4 heteroatoms. The summed E-state index contributed by atoms with van der Waals surface area (Å²) in [6, 6.07) is 0. The third-order valence-corrected chi connectivity index (χ3v) is 2.34. The minimum atomic E-state index is 0.234. The summed E-state index contributed by atoms with van der Waals surface area (Å²) in [5.74, 6) is 0.234. The third kappa shape index (κ3) is 3.55. The fourth-order valence-corrected chi connectivity index (χ4v) is 1.41. The van der Waals surface area contributed by atoms with Gasteiger partial charge in [-0.15, -0.1) is 0 Å². The Bertz CT molecular complexity index is 186. The maximum Gasteiger partial charge on any atom is 0.209 e. The van der Waals surface area contributed by atoms with Crippen molar-refractivity contribution in [3.05, 3.63) is 0 Å². The lowest BCUT2D eigenvalue weighted by molar-refractivity contribution is -0.120. The maximum absolute atomic E-state index is 10.7. The van der Waals surface area contributed by atoms with Gasteiger partial charge in [-0.2, -0.15) is 0 Å². The van der Waals surface area contributed by atoms with Crippen LogP contribution in [0.5, 0.6) is 0 Å². The number of Topliss-reactive ketones (excluding diaryl/α,β-unsaturated/α-hetero) is 1. The Morgan fingerprint density at radius 3 is 2.38 bits per heavy atom. The Morgan fingerprint density at radius 1 is 1.31 bits per heavy atom. The predicted molar refractivity (Wildman–Crippen MR) is 49.4 cm³/mol. The second-order valence-corrected chi connectivity index (χ2v) is 3.44. The lowest BCUT2D eigenvalue weighted by Crippen LogP contribution is -2.46. The Labute approximate surface area is 78.5 Å². The molecule has 0 aliphatic carbocycles. The van der Waals surface area contributed by atoms with Crippen LogP contribution in [0, 0.1) is 0 Å². The van der Waals surface area contributed by atoms with Gasteiger partial charge in [-0.3, -0.25) is 14.5 Å². The van der Waals surface area contributed by atoms with Crippen LogP contribution >= 0.6 is 0 Å². The summed E-state index contributed by atoms with van der Waals surface area (Å²) in [4.78, 5) is 25.1. The van der Waals surface area contributed by atoms with Crippen molar-refractivity contribution in [3.8, 4) is 0 Å². The first-order valence-electron chi connectivity index (χ1n) is 4.63. The van der Waals surface area contributed by atoms with E-state index in [2.05, 4.69) is 4.90 Å². The molecule has 0 aromatic carbocycles. The van der Waals surface area contributed by atoms with Crippen LogP contribution in [0.1, 0.15) is 13.3 Å². The van der Waals surface area contributed by atoms with Crippen LogP contribution in [-0.2, 0) is 9.59 Å². The summed E-state index contributed by atoms with van der Waals surface area (Å²) in [6.07, 6.45) is 1.52. The van der Waals surface area contributed by atoms with Gasteiger partial charge in [-0.25, -0.2) is 0 Å². The van der Waals surface area contributed by atoms with Gasteiger partial charge >= 0.3 is 0 Å². The lowest BCUT2D eigenvalue weighted by atomic mass is 10.2. The standard InChI is InChI=1S/C9H16N2O2/c1-9(13)2-3-10-4-6-11(8-12)7-5-10/h8H,2-7H2,1H3. The molecule has 1 amide bonds. The fourth-order valence-electron chi connectivity index (χ4n) is 1.41. The number of nitrogens with zero attached hydrogens (tertiary/aromatic N) is 2. The minimum Gasteiger partial charge on any atom is -0.343 e. The van der Waals surface area contributed by atoms with E-state index in [1.165, 1.54) is 0 Å². The molecule has 1 aliphatic heterocycles. The summed E-state index contributed by atoms with van der Waals surface area (Å²) < 4.78 is 0. The number of hydrogen-bond donors (Lipinski definition) is 0. The normalized spacial score (nSPS) is 18.7. The molecule has 0 saturated carbocycles. The van der Waals surface area contributed by atoms with Crippen LogP contribution < -0.4 is 0 Å². The Kier molecular flexibility index (Phi) is 3.89. The quantitative estimate of drug-likeness (QED) is 0.565. The van der Waals surface area contributed by atoms with Crippen LogP contribution in [0.25, 0.3) is 0 Å². The van der Waals surface area contributed by atoms with E-state index >= 15 is 0 Å². The van der Waals surface area contributed by atoms with Crippen molar-refractivity contribution < 1.29 is 9.59 Å². The van der Waals surface area contributed by atoms with E-state index in [4.69, 9.17) is 0 Å². The summed E-state index contributed by atoms with van der Waals surface area (Å²) in [5, 5.41) is 0. The van der Waals surface area contributed by atoms with Gasteiger partial charge in [0, 0.05) is 39.1 Å². The Hall–Kier alpha value is -0.900. The van der Waals surface area contributed by atoms with E-state index < -0.39 is 0 Å². The van der Waals surface area contributed by atoms with Crippen molar-refractivity contribution in [3.63, 3.8) is 0 Å². The first kappa shape index (κ1) is 10.2. The second-order valence-electron chi connectivity index (χ2n) is 3.44. The molecule has 0 unspecified atom stereocenters. The highest BCUT2D eigenvalue weighted by molar-refractivity contribution is 5.75. The van der Waals surface area contributed by atoms with Gasteiger partial charge in [0.1, 0.15) is 5.78 Å². The molecule has 0 radical (unpaired) electrons. The topological polar surface area (TPSA) is 40.6 Å². The average Bonchev–Trinajstić information content (AvgIpc) is 2.15. The van der Waals surface area contributed by atoms with E-state index in [0.29, 0.717) is 6.42 Å². The van der Waals surface area contributed by atoms with E-state index in [1.807, 2.05) is 0 Å². The van der Waals surface area contributed by atoms with E-state index in [0.717, 1.165) is 39.1 Å². The minimum absolute atomic E-state index is 0.234. The van der Waals surface area contributed by atoms with Crippen molar-refractivity contribution in [2.75, 3.05) is 32.7 Å². The Balaban J connectivity index is 2.17. The van der Waals surface area contributed by atoms with Crippen molar-refractivity contribution in [1.82, 2.24) is 9.80 Å². The molecule has 1 aliphatic rings. The molecule has 1 rings (SSSR count). The lowest BCUT2D eigenvalue weighted by Gasteiger charge is -2.32. The van der Waals surface area contributed by atoms with Crippen molar-refractivity contribution in [2.24, 2.45) is 0 Å².